The highest BCUT2D eigenvalue weighted by molar-refractivity contribution is 6.08. The van der Waals surface area contributed by atoms with Crippen molar-refractivity contribution in [2.24, 2.45) is 0 Å². The first kappa shape index (κ1) is 10.7. The quantitative estimate of drug-likeness (QED) is 0.705. The van der Waals surface area contributed by atoms with Gasteiger partial charge < -0.3 is 5.32 Å². The molecule has 0 aliphatic carbocycles. The van der Waals surface area contributed by atoms with E-state index in [4.69, 9.17) is 0 Å². The molecule has 3 rings (SSSR count). The Hall–Kier alpha value is -2.49. The van der Waals surface area contributed by atoms with E-state index in [1.807, 2.05) is 42.5 Å². The largest absolute Gasteiger partial charge is 0.354 e. The molecule has 0 radical (unpaired) electrons. The molecular formula is C14H11N3O. The Kier molecular flexibility index (Phi) is 2.41. The zero-order valence-corrected chi connectivity index (χ0v) is 9.84. The summed E-state index contributed by atoms with van der Waals surface area (Å²) in [6.07, 6.45) is 0. The summed E-state index contributed by atoms with van der Waals surface area (Å²) >= 11 is 0. The van der Waals surface area contributed by atoms with E-state index in [1.165, 1.54) is 0 Å². The lowest BCUT2D eigenvalue weighted by atomic mass is 10.1. The third kappa shape index (κ3) is 1.59. The van der Waals surface area contributed by atoms with E-state index in [2.05, 4.69) is 15.5 Å². The molecule has 0 aliphatic heterocycles. The summed E-state index contributed by atoms with van der Waals surface area (Å²) in [6.45, 7) is 0. The van der Waals surface area contributed by atoms with Crippen LogP contribution >= 0.6 is 0 Å². The van der Waals surface area contributed by atoms with E-state index in [-0.39, 0.29) is 5.91 Å². The van der Waals surface area contributed by atoms with Crippen LogP contribution < -0.4 is 5.32 Å². The maximum atomic E-state index is 11.7. The molecule has 1 amide bonds. The molecule has 18 heavy (non-hydrogen) atoms. The average molecular weight is 237 g/mol. The molecule has 4 nitrogen and oxygen atoms in total. The number of benzene rings is 1. The molecular weight excluding hydrogens is 226 g/mol. The van der Waals surface area contributed by atoms with Gasteiger partial charge in [-0.25, -0.2) is 0 Å². The van der Waals surface area contributed by atoms with Gasteiger partial charge in [-0.2, -0.15) is 0 Å². The number of hydrogen-bond acceptors (Lipinski definition) is 3. The van der Waals surface area contributed by atoms with Crippen molar-refractivity contribution in [3.8, 4) is 0 Å². The standard InChI is InChI=1S/C14H11N3O/c1-15-14(18)13-11-7-9-5-3-2-4-6-10(9)8-12(11)16-17-13/h2-8H,1H3,(H,15,18). The van der Waals surface area contributed by atoms with E-state index < -0.39 is 0 Å². The van der Waals surface area contributed by atoms with Crippen LogP contribution in [0.2, 0.25) is 0 Å². The van der Waals surface area contributed by atoms with Gasteiger partial charge >= 0.3 is 0 Å². The molecule has 1 aromatic heterocycles. The number of rotatable bonds is 1. The van der Waals surface area contributed by atoms with E-state index in [1.54, 1.807) is 7.05 Å². The number of amides is 1. The molecule has 3 aromatic rings. The van der Waals surface area contributed by atoms with Crippen LogP contribution in [0.15, 0.2) is 42.5 Å². The Morgan fingerprint density at radius 2 is 1.78 bits per heavy atom. The van der Waals surface area contributed by atoms with Gasteiger partial charge in [-0.1, -0.05) is 30.3 Å². The highest BCUT2D eigenvalue weighted by Gasteiger charge is 2.13. The van der Waals surface area contributed by atoms with Crippen LogP contribution in [0, 0.1) is 0 Å². The lowest BCUT2D eigenvalue weighted by Crippen LogP contribution is -2.18. The van der Waals surface area contributed by atoms with Gasteiger partial charge in [-0.05, 0) is 22.9 Å². The van der Waals surface area contributed by atoms with Gasteiger partial charge in [0.05, 0.1) is 5.52 Å². The summed E-state index contributed by atoms with van der Waals surface area (Å²) in [5.41, 5.74) is 1.12. The summed E-state index contributed by atoms with van der Waals surface area (Å²) in [6, 6.07) is 13.8. The van der Waals surface area contributed by atoms with Crippen molar-refractivity contribution in [3.05, 3.63) is 48.2 Å². The molecule has 2 aromatic carbocycles. The maximum absolute atomic E-state index is 11.7. The molecule has 88 valence electrons. The van der Waals surface area contributed by atoms with Crippen LogP contribution in [-0.2, 0) is 0 Å². The molecule has 0 aliphatic rings. The van der Waals surface area contributed by atoms with Crippen LogP contribution in [0.5, 0.6) is 0 Å². The van der Waals surface area contributed by atoms with Gasteiger partial charge in [0.2, 0.25) is 0 Å². The van der Waals surface area contributed by atoms with Gasteiger partial charge in [-0.3, -0.25) is 4.79 Å². The van der Waals surface area contributed by atoms with Crippen molar-refractivity contribution in [3.63, 3.8) is 0 Å². The van der Waals surface area contributed by atoms with Gasteiger partial charge in [0.25, 0.3) is 5.91 Å². The number of aromatic nitrogens is 2. The Bertz CT molecular complexity index is 752. The van der Waals surface area contributed by atoms with Gasteiger partial charge in [0.1, 0.15) is 0 Å². The van der Waals surface area contributed by atoms with Crippen LogP contribution in [-0.4, -0.2) is 23.2 Å². The van der Waals surface area contributed by atoms with Gasteiger partial charge in [-0.15, -0.1) is 10.2 Å². The van der Waals surface area contributed by atoms with Gasteiger partial charge in [0, 0.05) is 12.4 Å². The molecule has 0 unspecified atom stereocenters. The third-order valence-corrected chi connectivity index (χ3v) is 2.93. The number of carbonyl (C=O) groups is 1. The Morgan fingerprint density at radius 1 is 1.06 bits per heavy atom. The topological polar surface area (TPSA) is 54.9 Å². The summed E-state index contributed by atoms with van der Waals surface area (Å²) < 4.78 is 0. The third-order valence-electron chi connectivity index (χ3n) is 2.93. The smallest absolute Gasteiger partial charge is 0.272 e. The molecule has 1 N–H and O–H groups in total. The Morgan fingerprint density at radius 3 is 2.50 bits per heavy atom. The number of hydrogen-bond donors (Lipinski definition) is 1. The minimum atomic E-state index is -0.211. The second-order valence-corrected chi connectivity index (χ2v) is 4.04. The zero-order valence-electron chi connectivity index (χ0n) is 9.84. The minimum Gasteiger partial charge on any atom is -0.354 e. The second-order valence-electron chi connectivity index (χ2n) is 4.04. The van der Waals surface area contributed by atoms with Crippen LogP contribution in [0.25, 0.3) is 21.7 Å². The van der Waals surface area contributed by atoms with Crippen molar-refractivity contribution in [1.82, 2.24) is 15.5 Å². The molecule has 0 bridgehead atoms. The number of fused-ring (bicyclic) bond motifs is 2. The van der Waals surface area contributed by atoms with Crippen LogP contribution in [0.4, 0.5) is 0 Å². The van der Waals surface area contributed by atoms with Crippen LogP contribution in [0.3, 0.4) is 0 Å². The first-order valence-electron chi connectivity index (χ1n) is 5.67. The van der Waals surface area contributed by atoms with Crippen molar-refractivity contribution < 1.29 is 4.79 Å². The fourth-order valence-corrected chi connectivity index (χ4v) is 2.01. The predicted molar refractivity (Wildman–Crippen MR) is 70.4 cm³/mol. The number of nitrogens with zero attached hydrogens (tertiary/aromatic N) is 2. The normalized spacial score (nSPS) is 10.7. The SMILES string of the molecule is CNC(=O)c1nnc2cc3cccccc3cc12. The van der Waals surface area contributed by atoms with Crippen LogP contribution in [0.1, 0.15) is 10.5 Å². The number of nitrogens with one attached hydrogen (secondary N) is 1. The molecule has 0 saturated carbocycles. The van der Waals surface area contributed by atoms with Crippen molar-refractivity contribution in [2.75, 3.05) is 7.05 Å². The lowest BCUT2D eigenvalue weighted by Gasteiger charge is -1.96. The van der Waals surface area contributed by atoms with E-state index in [0.29, 0.717) is 5.69 Å². The lowest BCUT2D eigenvalue weighted by molar-refractivity contribution is 0.0959. The molecule has 4 heteroatoms. The zero-order chi connectivity index (χ0) is 12.5. The first-order valence-corrected chi connectivity index (χ1v) is 5.67. The fourth-order valence-electron chi connectivity index (χ4n) is 2.01. The van der Waals surface area contributed by atoms with E-state index >= 15 is 0 Å². The van der Waals surface area contributed by atoms with Crippen molar-refractivity contribution in [1.29, 1.82) is 0 Å². The van der Waals surface area contributed by atoms with E-state index in [9.17, 15) is 4.79 Å². The highest BCUT2D eigenvalue weighted by Crippen LogP contribution is 2.23. The maximum Gasteiger partial charge on any atom is 0.272 e. The Labute approximate surface area is 104 Å². The monoisotopic (exact) mass is 237 g/mol. The molecule has 0 saturated heterocycles. The van der Waals surface area contributed by atoms with E-state index in [0.717, 1.165) is 21.7 Å². The number of carbonyl (C=O) groups excluding carboxylic acids is 1. The fraction of sp³-hybridized carbons (Fsp3) is 0.0714. The molecule has 0 spiro atoms. The summed E-state index contributed by atoms with van der Waals surface area (Å²) in [5.74, 6) is -0.211. The minimum absolute atomic E-state index is 0.211. The molecule has 0 fully saturated rings. The summed E-state index contributed by atoms with van der Waals surface area (Å²) in [7, 11) is 1.59. The second kappa shape index (κ2) is 4.07. The average Bonchev–Trinajstić information content (AvgIpc) is 2.65. The van der Waals surface area contributed by atoms with Crippen molar-refractivity contribution >= 4 is 27.6 Å². The first-order chi connectivity index (χ1) is 8.79. The highest BCUT2D eigenvalue weighted by atomic mass is 16.1. The summed E-state index contributed by atoms with van der Waals surface area (Å²) in [5, 5.41) is 13.5. The van der Waals surface area contributed by atoms with Gasteiger partial charge in [0.15, 0.2) is 5.69 Å². The molecule has 1 heterocycles. The molecule has 0 atom stereocenters. The summed E-state index contributed by atoms with van der Waals surface area (Å²) in [4.78, 5) is 11.7. The Balaban J connectivity index is 2.37. The predicted octanol–water partition coefficient (Wildman–Crippen LogP) is 2.14. The van der Waals surface area contributed by atoms with Crippen molar-refractivity contribution in [2.45, 2.75) is 0 Å².